The number of hydrogen-bond donors (Lipinski definition) is 2. The molecule has 0 aliphatic heterocycles. The molecule has 4 nitrogen and oxygen atoms in total. The summed E-state index contributed by atoms with van der Waals surface area (Å²) in [6.07, 6.45) is 0.662. The molecule has 0 heterocycles. The van der Waals surface area contributed by atoms with Gasteiger partial charge < -0.3 is 9.63 Å². The third-order valence-corrected chi connectivity index (χ3v) is 3.57. The molecule has 2 rings (SSSR count). The minimum atomic E-state index is -2.89. The molecule has 0 aromatic heterocycles. The molecule has 0 spiro atoms. The number of hydrogen-bond acceptors (Lipinski definition) is 3. The largest absolute Gasteiger partial charge is 0.508 e. The molecule has 2 aromatic rings. The van der Waals surface area contributed by atoms with E-state index in [4.69, 9.17) is 10.0 Å². The minimum Gasteiger partial charge on any atom is -0.508 e. The second kappa shape index (κ2) is 6.23. The molecule has 106 valence electrons. The summed E-state index contributed by atoms with van der Waals surface area (Å²) in [6, 6.07) is 15.1. The standard InChI is InChI=1S/C15H18NO3P/c1-20(16,18)19-10-9-12-5-7-13(8-6-12)14-3-2-4-15(17)11-14/h2-8,11,17H,9-10H2,1H3,(H2,16,18)/t20-/m0/s1. The van der Waals surface area contributed by atoms with Gasteiger partial charge in [0.1, 0.15) is 5.75 Å². The van der Waals surface area contributed by atoms with Crippen molar-refractivity contribution in [2.45, 2.75) is 6.42 Å². The Morgan fingerprint density at radius 3 is 2.45 bits per heavy atom. The van der Waals surface area contributed by atoms with Gasteiger partial charge in [-0.3, -0.25) is 10.1 Å². The Balaban J connectivity index is 2.01. The average Bonchev–Trinajstić information content (AvgIpc) is 2.38. The monoisotopic (exact) mass is 291 g/mol. The molecule has 0 unspecified atom stereocenters. The molecule has 0 saturated carbocycles. The van der Waals surface area contributed by atoms with Crippen molar-refractivity contribution in [3.8, 4) is 16.9 Å². The van der Waals surface area contributed by atoms with E-state index in [0.717, 1.165) is 16.7 Å². The van der Waals surface area contributed by atoms with Gasteiger partial charge in [-0.05, 0) is 35.2 Å². The smallest absolute Gasteiger partial charge is 0.264 e. The van der Waals surface area contributed by atoms with E-state index in [2.05, 4.69) is 0 Å². The van der Waals surface area contributed by atoms with Crippen molar-refractivity contribution in [2.24, 2.45) is 5.50 Å². The van der Waals surface area contributed by atoms with Crippen LogP contribution in [0, 0.1) is 0 Å². The van der Waals surface area contributed by atoms with E-state index in [-0.39, 0.29) is 5.75 Å². The summed E-state index contributed by atoms with van der Waals surface area (Å²) < 4.78 is 16.3. The van der Waals surface area contributed by atoms with Crippen LogP contribution in [0.4, 0.5) is 0 Å². The lowest BCUT2D eigenvalue weighted by Crippen LogP contribution is -2.01. The first-order valence-corrected chi connectivity index (χ1v) is 8.47. The summed E-state index contributed by atoms with van der Waals surface area (Å²) in [4.78, 5) is 0. The highest BCUT2D eigenvalue weighted by Gasteiger charge is 2.07. The molecule has 2 aromatic carbocycles. The van der Waals surface area contributed by atoms with Gasteiger partial charge in [-0.1, -0.05) is 36.4 Å². The molecule has 5 heteroatoms. The Kier molecular flexibility index (Phi) is 4.61. The van der Waals surface area contributed by atoms with E-state index in [0.29, 0.717) is 13.0 Å². The van der Waals surface area contributed by atoms with Gasteiger partial charge in [0.2, 0.25) is 0 Å². The van der Waals surface area contributed by atoms with Crippen molar-refractivity contribution in [1.29, 1.82) is 0 Å². The van der Waals surface area contributed by atoms with Crippen LogP contribution in [-0.4, -0.2) is 18.4 Å². The molecule has 0 aliphatic rings. The SMILES string of the molecule is C[P@](N)(=O)OCCc1ccc(-c2cccc(O)c2)cc1. The molecule has 20 heavy (non-hydrogen) atoms. The van der Waals surface area contributed by atoms with E-state index in [1.807, 2.05) is 36.4 Å². The van der Waals surface area contributed by atoms with E-state index < -0.39 is 7.52 Å². The zero-order chi connectivity index (χ0) is 14.6. The van der Waals surface area contributed by atoms with Crippen LogP contribution in [-0.2, 0) is 15.5 Å². The predicted octanol–water partition coefficient (Wildman–Crippen LogP) is 3.40. The van der Waals surface area contributed by atoms with Crippen LogP contribution >= 0.6 is 7.52 Å². The Morgan fingerprint density at radius 1 is 1.15 bits per heavy atom. The summed E-state index contributed by atoms with van der Waals surface area (Å²) in [7, 11) is -2.89. The third-order valence-electron chi connectivity index (χ3n) is 2.87. The lowest BCUT2D eigenvalue weighted by atomic mass is 10.0. The molecule has 1 atom stereocenters. The van der Waals surface area contributed by atoms with Crippen molar-refractivity contribution in [1.82, 2.24) is 0 Å². The molecule has 3 N–H and O–H groups in total. The van der Waals surface area contributed by atoms with E-state index in [1.165, 1.54) is 6.66 Å². The highest BCUT2D eigenvalue weighted by Crippen LogP contribution is 2.31. The Labute approximate surface area is 118 Å². The molecule has 0 fully saturated rings. The maximum Gasteiger partial charge on any atom is 0.264 e. The molecular formula is C15H18NO3P. The average molecular weight is 291 g/mol. The van der Waals surface area contributed by atoms with Crippen LogP contribution in [0.1, 0.15) is 5.56 Å². The maximum absolute atomic E-state index is 11.2. The van der Waals surface area contributed by atoms with Crippen molar-refractivity contribution in [3.63, 3.8) is 0 Å². The van der Waals surface area contributed by atoms with E-state index in [1.54, 1.807) is 12.1 Å². The Hall–Kier alpha value is -1.61. The number of nitrogens with two attached hydrogens (primary N) is 1. The normalized spacial score (nSPS) is 13.9. The molecule has 0 radical (unpaired) electrons. The van der Waals surface area contributed by atoms with Gasteiger partial charge in [0, 0.05) is 6.66 Å². The fourth-order valence-corrected chi connectivity index (χ4v) is 2.35. The van der Waals surface area contributed by atoms with Crippen LogP contribution in [0.3, 0.4) is 0 Å². The Bertz CT molecular complexity index is 619. The van der Waals surface area contributed by atoms with Gasteiger partial charge in [-0.15, -0.1) is 0 Å². The summed E-state index contributed by atoms with van der Waals surface area (Å²) >= 11 is 0. The zero-order valence-corrected chi connectivity index (χ0v) is 12.2. The molecule has 0 aliphatic carbocycles. The van der Waals surface area contributed by atoms with Crippen LogP contribution in [0.25, 0.3) is 11.1 Å². The maximum atomic E-state index is 11.2. The number of rotatable bonds is 5. The molecule has 0 bridgehead atoms. The number of phenols is 1. The van der Waals surface area contributed by atoms with Gasteiger partial charge in [0.05, 0.1) is 6.61 Å². The molecule has 0 saturated heterocycles. The lowest BCUT2D eigenvalue weighted by molar-refractivity contribution is 0.321. The van der Waals surface area contributed by atoms with Crippen LogP contribution < -0.4 is 5.50 Å². The highest BCUT2D eigenvalue weighted by atomic mass is 31.2. The summed E-state index contributed by atoms with van der Waals surface area (Å²) in [5.41, 5.74) is 8.41. The number of phenolic OH excluding ortho intramolecular Hbond substituents is 1. The fourth-order valence-electron chi connectivity index (χ4n) is 1.89. The number of aromatic hydroxyl groups is 1. The molecular weight excluding hydrogens is 273 g/mol. The topological polar surface area (TPSA) is 72.6 Å². The first-order valence-electron chi connectivity index (χ1n) is 6.33. The van der Waals surface area contributed by atoms with E-state index in [9.17, 15) is 9.67 Å². The molecule has 0 amide bonds. The summed E-state index contributed by atoms with van der Waals surface area (Å²) in [5, 5.41) is 9.47. The predicted molar refractivity (Wildman–Crippen MR) is 80.9 cm³/mol. The first kappa shape index (κ1) is 14.8. The van der Waals surface area contributed by atoms with Gasteiger partial charge in [0.25, 0.3) is 7.52 Å². The van der Waals surface area contributed by atoms with Crippen molar-refractivity contribution < 1.29 is 14.2 Å². The third kappa shape index (κ3) is 4.49. The van der Waals surface area contributed by atoms with Gasteiger partial charge in [-0.2, -0.15) is 0 Å². The first-order chi connectivity index (χ1) is 9.44. The van der Waals surface area contributed by atoms with Crippen molar-refractivity contribution in [2.75, 3.05) is 13.3 Å². The van der Waals surface area contributed by atoms with Crippen LogP contribution in [0.2, 0.25) is 0 Å². The summed E-state index contributed by atoms with van der Waals surface area (Å²) in [5.74, 6) is 0.252. The van der Waals surface area contributed by atoms with Gasteiger partial charge >= 0.3 is 0 Å². The van der Waals surface area contributed by atoms with Crippen molar-refractivity contribution >= 4 is 7.52 Å². The zero-order valence-electron chi connectivity index (χ0n) is 11.3. The lowest BCUT2D eigenvalue weighted by Gasteiger charge is -2.08. The quantitative estimate of drug-likeness (QED) is 0.828. The van der Waals surface area contributed by atoms with Crippen LogP contribution in [0.15, 0.2) is 48.5 Å². The summed E-state index contributed by atoms with van der Waals surface area (Å²) in [6.45, 7) is 1.74. The second-order valence-electron chi connectivity index (χ2n) is 4.74. The van der Waals surface area contributed by atoms with Gasteiger partial charge in [0.15, 0.2) is 0 Å². The van der Waals surface area contributed by atoms with Gasteiger partial charge in [-0.25, -0.2) is 0 Å². The van der Waals surface area contributed by atoms with Crippen LogP contribution in [0.5, 0.6) is 5.75 Å². The second-order valence-corrected chi connectivity index (χ2v) is 6.81. The Morgan fingerprint density at radius 2 is 1.85 bits per heavy atom. The fraction of sp³-hybridized carbons (Fsp3) is 0.200. The number of benzene rings is 2. The minimum absolute atomic E-state index is 0.252. The van der Waals surface area contributed by atoms with E-state index >= 15 is 0 Å². The van der Waals surface area contributed by atoms with Crippen molar-refractivity contribution in [3.05, 3.63) is 54.1 Å². The highest BCUT2D eigenvalue weighted by molar-refractivity contribution is 7.55.